The normalized spacial score (nSPS) is 14.5. The van der Waals surface area contributed by atoms with Gasteiger partial charge in [0, 0.05) is 18.7 Å². The van der Waals surface area contributed by atoms with Crippen LogP contribution in [0.25, 0.3) is 0 Å². The molecule has 0 heterocycles. The fourth-order valence-corrected chi connectivity index (χ4v) is 2.36. The zero-order chi connectivity index (χ0) is 15.0. The molecule has 2 unspecified atom stereocenters. The number of rotatable bonds is 9. The lowest BCUT2D eigenvalue weighted by Crippen LogP contribution is -2.39. The van der Waals surface area contributed by atoms with E-state index in [1.54, 1.807) is 0 Å². The molecule has 0 fully saturated rings. The van der Waals surface area contributed by atoms with E-state index < -0.39 is 0 Å². The molecule has 1 aromatic carbocycles. The van der Waals surface area contributed by atoms with E-state index in [4.69, 9.17) is 4.74 Å². The highest BCUT2D eigenvalue weighted by Gasteiger charge is 2.16. The molecule has 0 aliphatic heterocycles. The van der Waals surface area contributed by atoms with Crippen LogP contribution in [-0.2, 0) is 11.2 Å². The van der Waals surface area contributed by atoms with Gasteiger partial charge in [-0.15, -0.1) is 0 Å². The fourth-order valence-electron chi connectivity index (χ4n) is 2.36. The first-order valence-electron chi connectivity index (χ1n) is 8.01. The zero-order valence-corrected chi connectivity index (χ0v) is 13.8. The molecule has 0 aromatic heterocycles. The molecule has 20 heavy (non-hydrogen) atoms. The maximum absolute atomic E-state index is 5.58. The van der Waals surface area contributed by atoms with Crippen LogP contribution in [0.1, 0.15) is 58.2 Å². The van der Waals surface area contributed by atoms with Gasteiger partial charge in [-0.25, -0.2) is 0 Å². The van der Waals surface area contributed by atoms with Crippen molar-refractivity contribution in [1.29, 1.82) is 0 Å². The van der Waals surface area contributed by atoms with E-state index in [-0.39, 0.29) is 0 Å². The predicted octanol–water partition coefficient (Wildman–Crippen LogP) is 4.35. The molecule has 2 heteroatoms. The second-order valence-corrected chi connectivity index (χ2v) is 5.89. The van der Waals surface area contributed by atoms with Crippen molar-refractivity contribution in [2.24, 2.45) is 5.92 Å². The van der Waals surface area contributed by atoms with Crippen molar-refractivity contribution >= 4 is 0 Å². The van der Waals surface area contributed by atoms with Gasteiger partial charge in [-0.05, 0) is 37.3 Å². The van der Waals surface area contributed by atoms with Gasteiger partial charge in [-0.2, -0.15) is 0 Å². The van der Waals surface area contributed by atoms with Crippen molar-refractivity contribution in [3.8, 4) is 0 Å². The van der Waals surface area contributed by atoms with Crippen LogP contribution in [0.2, 0.25) is 0 Å². The molecule has 2 atom stereocenters. The van der Waals surface area contributed by atoms with Crippen molar-refractivity contribution in [3.63, 3.8) is 0 Å². The van der Waals surface area contributed by atoms with Crippen LogP contribution in [0.4, 0.5) is 0 Å². The molecule has 1 aromatic rings. The highest BCUT2D eigenvalue weighted by Crippen LogP contribution is 2.17. The number of hydrogen-bond donors (Lipinski definition) is 1. The lowest BCUT2D eigenvalue weighted by Gasteiger charge is -2.26. The van der Waals surface area contributed by atoms with Gasteiger partial charge in [0.15, 0.2) is 0 Å². The Kier molecular flexibility index (Phi) is 7.86. The molecule has 0 bridgehead atoms. The summed E-state index contributed by atoms with van der Waals surface area (Å²) in [7, 11) is 0. The van der Waals surface area contributed by atoms with Crippen molar-refractivity contribution < 1.29 is 4.74 Å². The standard InChI is InChI=1S/C18H31NO/c1-6-8-16-9-11-17(12-10-16)15(5)19-18(14(3)4)13-20-7-2/h9-12,14-15,18-19H,6-8,13H2,1-5H3. The SMILES string of the molecule is CCCc1ccc(C(C)NC(COCC)C(C)C)cc1. The van der Waals surface area contributed by atoms with E-state index in [1.165, 1.54) is 24.0 Å². The molecule has 0 radical (unpaired) electrons. The molecule has 0 amide bonds. The summed E-state index contributed by atoms with van der Waals surface area (Å²) in [5.41, 5.74) is 2.78. The van der Waals surface area contributed by atoms with E-state index in [0.717, 1.165) is 13.2 Å². The van der Waals surface area contributed by atoms with Crippen LogP contribution < -0.4 is 5.32 Å². The molecule has 0 saturated carbocycles. The topological polar surface area (TPSA) is 21.3 Å². The number of hydrogen-bond acceptors (Lipinski definition) is 2. The van der Waals surface area contributed by atoms with E-state index in [9.17, 15) is 0 Å². The van der Waals surface area contributed by atoms with Crippen molar-refractivity contribution in [1.82, 2.24) is 5.32 Å². The van der Waals surface area contributed by atoms with Crippen LogP contribution in [-0.4, -0.2) is 19.3 Å². The minimum atomic E-state index is 0.360. The maximum Gasteiger partial charge on any atom is 0.0622 e. The summed E-state index contributed by atoms with van der Waals surface area (Å²) in [6, 6.07) is 9.77. The van der Waals surface area contributed by atoms with Gasteiger partial charge >= 0.3 is 0 Å². The van der Waals surface area contributed by atoms with Gasteiger partial charge < -0.3 is 10.1 Å². The molecular weight excluding hydrogens is 246 g/mol. The molecule has 0 spiro atoms. The summed E-state index contributed by atoms with van der Waals surface area (Å²) in [5.74, 6) is 0.573. The van der Waals surface area contributed by atoms with Crippen LogP contribution in [0.3, 0.4) is 0 Å². The third kappa shape index (κ3) is 5.64. The highest BCUT2D eigenvalue weighted by atomic mass is 16.5. The molecule has 114 valence electrons. The van der Waals surface area contributed by atoms with Crippen molar-refractivity contribution in [2.75, 3.05) is 13.2 Å². The van der Waals surface area contributed by atoms with E-state index >= 15 is 0 Å². The summed E-state index contributed by atoms with van der Waals surface area (Å²) >= 11 is 0. The van der Waals surface area contributed by atoms with Crippen LogP contribution in [0.5, 0.6) is 0 Å². The predicted molar refractivity (Wildman–Crippen MR) is 87.1 cm³/mol. The van der Waals surface area contributed by atoms with Gasteiger partial charge in [-0.3, -0.25) is 0 Å². The van der Waals surface area contributed by atoms with E-state index in [2.05, 4.69) is 57.3 Å². The third-order valence-corrected chi connectivity index (χ3v) is 3.79. The number of ether oxygens (including phenoxy) is 1. The third-order valence-electron chi connectivity index (χ3n) is 3.79. The zero-order valence-electron chi connectivity index (χ0n) is 13.8. The Morgan fingerprint density at radius 1 is 1.05 bits per heavy atom. The molecule has 0 saturated heterocycles. The number of aryl methyl sites for hydroxylation is 1. The number of benzene rings is 1. The molecule has 0 aliphatic rings. The smallest absolute Gasteiger partial charge is 0.0622 e. The van der Waals surface area contributed by atoms with Gasteiger partial charge in [0.05, 0.1) is 6.61 Å². The maximum atomic E-state index is 5.58. The van der Waals surface area contributed by atoms with Crippen LogP contribution in [0, 0.1) is 5.92 Å². The lowest BCUT2D eigenvalue weighted by molar-refractivity contribution is 0.104. The molecule has 1 N–H and O–H groups in total. The first kappa shape index (κ1) is 17.2. The molecule has 2 nitrogen and oxygen atoms in total. The fraction of sp³-hybridized carbons (Fsp3) is 0.667. The largest absolute Gasteiger partial charge is 0.380 e. The van der Waals surface area contributed by atoms with E-state index in [1.807, 2.05) is 6.92 Å². The Hall–Kier alpha value is -0.860. The Balaban J connectivity index is 2.60. The first-order chi connectivity index (χ1) is 9.58. The van der Waals surface area contributed by atoms with Gasteiger partial charge in [0.25, 0.3) is 0 Å². The highest BCUT2D eigenvalue weighted by molar-refractivity contribution is 5.24. The molecule has 0 aliphatic carbocycles. The Labute approximate surface area is 124 Å². The minimum Gasteiger partial charge on any atom is -0.380 e. The average Bonchev–Trinajstić information content (AvgIpc) is 2.44. The average molecular weight is 277 g/mol. The minimum absolute atomic E-state index is 0.360. The van der Waals surface area contributed by atoms with Crippen molar-refractivity contribution in [2.45, 2.75) is 59.5 Å². The van der Waals surface area contributed by atoms with Crippen LogP contribution >= 0.6 is 0 Å². The summed E-state index contributed by atoms with van der Waals surface area (Å²) in [4.78, 5) is 0. The lowest BCUT2D eigenvalue weighted by atomic mass is 10.0. The van der Waals surface area contributed by atoms with E-state index in [0.29, 0.717) is 18.0 Å². The summed E-state index contributed by atoms with van der Waals surface area (Å²) in [5, 5.41) is 3.69. The summed E-state index contributed by atoms with van der Waals surface area (Å²) in [6.07, 6.45) is 2.37. The Morgan fingerprint density at radius 3 is 2.20 bits per heavy atom. The molecule has 1 rings (SSSR count). The summed E-state index contributed by atoms with van der Waals surface area (Å²) < 4.78 is 5.58. The Morgan fingerprint density at radius 2 is 1.70 bits per heavy atom. The summed E-state index contributed by atoms with van der Waals surface area (Å²) in [6.45, 7) is 12.6. The van der Waals surface area contributed by atoms with Crippen LogP contribution in [0.15, 0.2) is 24.3 Å². The second-order valence-electron chi connectivity index (χ2n) is 5.89. The Bertz CT molecular complexity index is 358. The molecular formula is C18H31NO. The van der Waals surface area contributed by atoms with Gasteiger partial charge in [0.1, 0.15) is 0 Å². The number of nitrogens with one attached hydrogen (secondary N) is 1. The second kappa shape index (κ2) is 9.15. The first-order valence-corrected chi connectivity index (χ1v) is 8.01. The monoisotopic (exact) mass is 277 g/mol. The van der Waals surface area contributed by atoms with Gasteiger partial charge in [-0.1, -0.05) is 51.5 Å². The quantitative estimate of drug-likeness (QED) is 0.724. The van der Waals surface area contributed by atoms with Crippen molar-refractivity contribution in [3.05, 3.63) is 35.4 Å². The van der Waals surface area contributed by atoms with Gasteiger partial charge in [0.2, 0.25) is 0 Å².